The molecule has 0 bridgehead atoms. The second-order valence-corrected chi connectivity index (χ2v) is 2.53. The normalized spacial score (nSPS) is 9.64. The van der Waals surface area contributed by atoms with Crippen LogP contribution in [0.3, 0.4) is 0 Å². The minimum absolute atomic E-state index is 0.401. The van der Waals surface area contributed by atoms with Gasteiger partial charge in [0.25, 0.3) is 0 Å². The fraction of sp³-hybridized carbons (Fsp3) is 0.333. The first-order valence-electron chi connectivity index (χ1n) is 3.89. The van der Waals surface area contributed by atoms with E-state index < -0.39 is 0 Å². The lowest BCUT2D eigenvalue weighted by atomic mass is 9.73. The standard InChI is InChI=1S/C9H12BO/c1-3-7-6-8(10-2)4-5-9(7)11/h4-6,11H,3H2,1-2H3. The van der Waals surface area contributed by atoms with E-state index in [1.54, 1.807) is 6.07 Å². The first-order valence-corrected chi connectivity index (χ1v) is 3.89. The summed E-state index contributed by atoms with van der Waals surface area (Å²) in [4.78, 5) is 0. The van der Waals surface area contributed by atoms with Crippen molar-refractivity contribution < 1.29 is 5.11 Å². The van der Waals surface area contributed by atoms with Crippen molar-refractivity contribution in [3.05, 3.63) is 23.8 Å². The first-order chi connectivity index (χ1) is 5.27. The molecule has 0 aliphatic carbocycles. The molecule has 1 aromatic rings. The largest absolute Gasteiger partial charge is 0.508 e. The maximum Gasteiger partial charge on any atom is 0.148 e. The van der Waals surface area contributed by atoms with E-state index in [2.05, 4.69) is 0 Å². The van der Waals surface area contributed by atoms with Gasteiger partial charge < -0.3 is 5.11 Å². The van der Waals surface area contributed by atoms with Crippen LogP contribution in [0.4, 0.5) is 0 Å². The van der Waals surface area contributed by atoms with Crippen molar-refractivity contribution in [3.63, 3.8) is 0 Å². The first kappa shape index (κ1) is 8.18. The Morgan fingerprint density at radius 2 is 2.18 bits per heavy atom. The third kappa shape index (κ3) is 1.76. The van der Waals surface area contributed by atoms with Crippen molar-refractivity contribution >= 4 is 12.7 Å². The van der Waals surface area contributed by atoms with Gasteiger partial charge in [-0.05, 0) is 18.1 Å². The molecule has 1 radical (unpaired) electrons. The van der Waals surface area contributed by atoms with Gasteiger partial charge in [-0.3, -0.25) is 0 Å². The van der Waals surface area contributed by atoms with Crippen LogP contribution in [0.5, 0.6) is 5.75 Å². The van der Waals surface area contributed by atoms with Gasteiger partial charge in [0, 0.05) is 0 Å². The molecule has 2 heteroatoms. The Labute approximate surface area is 68.3 Å². The van der Waals surface area contributed by atoms with Gasteiger partial charge >= 0.3 is 0 Å². The third-order valence-corrected chi connectivity index (χ3v) is 1.82. The van der Waals surface area contributed by atoms with Crippen molar-refractivity contribution in [2.75, 3.05) is 0 Å². The van der Waals surface area contributed by atoms with Crippen LogP contribution in [0.2, 0.25) is 6.82 Å². The monoisotopic (exact) mass is 147 g/mol. The number of aryl methyl sites for hydroxylation is 1. The molecule has 1 N–H and O–H groups in total. The Balaban J connectivity index is 3.02. The molecule has 0 atom stereocenters. The van der Waals surface area contributed by atoms with Gasteiger partial charge in [0.1, 0.15) is 13.0 Å². The summed E-state index contributed by atoms with van der Waals surface area (Å²) in [6, 6.07) is 5.66. The maximum absolute atomic E-state index is 9.32. The van der Waals surface area contributed by atoms with E-state index in [1.807, 2.05) is 33.2 Å². The van der Waals surface area contributed by atoms with Crippen LogP contribution >= 0.6 is 0 Å². The number of phenolic OH excluding ortho intramolecular Hbond substituents is 1. The highest BCUT2D eigenvalue weighted by Gasteiger charge is 1.98. The summed E-state index contributed by atoms with van der Waals surface area (Å²) < 4.78 is 0. The van der Waals surface area contributed by atoms with Crippen LogP contribution in [0.1, 0.15) is 12.5 Å². The molecule has 1 aromatic carbocycles. The van der Waals surface area contributed by atoms with Crippen molar-refractivity contribution in [2.24, 2.45) is 0 Å². The summed E-state index contributed by atoms with van der Waals surface area (Å²) in [6.07, 6.45) is 0.882. The second-order valence-electron chi connectivity index (χ2n) is 2.53. The molecule has 0 fully saturated rings. The SMILES string of the molecule is C[B]c1ccc(O)c(CC)c1. The van der Waals surface area contributed by atoms with E-state index in [9.17, 15) is 5.11 Å². The molecule has 1 nitrogen and oxygen atoms in total. The smallest absolute Gasteiger partial charge is 0.148 e. The topological polar surface area (TPSA) is 20.2 Å². The van der Waals surface area contributed by atoms with Crippen LogP contribution in [0.25, 0.3) is 0 Å². The number of aromatic hydroxyl groups is 1. The summed E-state index contributed by atoms with van der Waals surface area (Å²) >= 11 is 0. The highest BCUT2D eigenvalue weighted by atomic mass is 16.3. The molecule has 0 unspecified atom stereocenters. The number of phenols is 1. The summed E-state index contributed by atoms with van der Waals surface area (Å²) in [7, 11) is 2.03. The lowest BCUT2D eigenvalue weighted by molar-refractivity contribution is 0.469. The highest BCUT2D eigenvalue weighted by molar-refractivity contribution is 6.51. The van der Waals surface area contributed by atoms with Gasteiger partial charge in [-0.2, -0.15) is 0 Å². The van der Waals surface area contributed by atoms with Gasteiger partial charge in [-0.1, -0.05) is 31.3 Å². The lowest BCUT2D eigenvalue weighted by Gasteiger charge is -2.02. The van der Waals surface area contributed by atoms with E-state index in [0.29, 0.717) is 5.75 Å². The number of rotatable bonds is 2. The zero-order valence-electron chi connectivity index (χ0n) is 6.96. The highest BCUT2D eigenvalue weighted by Crippen LogP contribution is 2.14. The van der Waals surface area contributed by atoms with E-state index in [1.165, 1.54) is 5.46 Å². The molecule has 0 heterocycles. The van der Waals surface area contributed by atoms with E-state index >= 15 is 0 Å². The Morgan fingerprint density at radius 3 is 2.73 bits per heavy atom. The number of hydrogen-bond donors (Lipinski definition) is 1. The van der Waals surface area contributed by atoms with Gasteiger partial charge in [0.2, 0.25) is 0 Å². The van der Waals surface area contributed by atoms with E-state index in [4.69, 9.17) is 0 Å². The average molecular weight is 147 g/mol. The fourth-order valence-corrected chi connectivity index (χ4v) is 1.07. The third-order valence-electron chi connectivity index (χ3n) is 1.82. The van der Waals surface area contributed by atoms with Crippen molar-refractivity contribution in [1.29, 1.82) is 0 Å². The second kappa shape index (κ2) is 3.47. The molecule has 11 heavy (non-hydrogen) atoms. The number of hydrogen-bond acceptors (Lipinski definition) is 1. The predicted molar refractivity (Wildman–Crippen MR) is 48.7 cm³/mol. The minimum atomic E-state index is 0.401. The molecule has 0 aliphatic rings. The Kier molecular flexibility index (Phi) is 2.58. The summed E-state index contributed by atoms with van der Waals surface area (Å²) in [6.45, 7) is 4.03. The van der Waals surface area contributed by atoms with Crippen molar-refractivity contribution in [1.82, 2.24) is 0 Å². The van der Waals surface area contributed by atoms with Gasteiger partial charge in [0.15, 0.2) is 0 Å². The molecular weight excluding hydrogens is 135 g/mol. The molecule has 1 rings (SSSR count). The van der Waals surface area contributed by atoms with Gasteiger partial charge in [-0.15, -0.1) is 0 Å². The maximum atomic E-state index is 9.32. The zero-order chi connectivity index (χ0) is 8.27. The molecule has 0 spiro atoms. The van der Waals surface area contributed by atoms with E-state index in [-0.39, 0.29) is 0 Å². The molecule has 57 valence electrons. The van der Waals surface area contributed by atoms with Crippen LogP contribution in [0, 0.1) is 0 Å². The molecular formula is C9H12BO. The minimum Gasteiger partial charge on any atom is -0.508 e. The summed E-state index contributed by atoms with van der Waals surface area (Å²) in [5.41, 5.74) is 2.18. The Hall–Kier alpha value is -0.915. The lowest BCUT2D eigenvalue weighted by Crippen LogP contribution is -2.10. The quantitative estimate of drug-likeness (QED) is 0.625. The Bertz CT molecular complexity index is 245. The molecule has 0 aromatic heterocycles. The summed E-state index contributed by atoms with van der Waals surface area (Å²) in [5.74, 6) is 0.401. The van der Waals surface area contributed by atoms with Gasteiger partial charge in [-0.25, -0.2) is 0 Å². The fourth-order valence-electron chi connectivity index (χ4n) is 1.07. The van der Waals surface area contributed by atoms with Crippen molar-refractivity contribution in [2.45, 2.75) is 20.2 Å². The number of benzene rings is 1. The molecule has 0 amide bonds. The van der Waals surface area contributed by atoms with E-state index in [0.717, 1.165) is 12.0 Å². The molecule has 0 saturated carbocycles. The Morgan fingerprint density at radius 1 is 1.45 bits per heavy atom. The van der Waals surface area contributed by atoms with Gasteiger partial charge in [0.05, 0.1) is 0 Å². The average Bonchev–Trinajstić information content (AvgIpc) is 2.05. The zero-order valence-corrected chi connectivity index (χ0v) is 6.96. The molecule has 0 saturated heterocycles. The summed E-state index contributed by atoms with van der Waals surface area (Å²) in [5, 5.41) is 9.32. The van der Waals surface area contributed by atoms with Crippen LogP contribution < -0.4 is 5.46 Å². The van der Waals surface area contributed by atoms with Crippen LogP contribution in [-0.4, -0.2) is 12.4 Å². The van der Waals surface area contributed by atoms with Crippen molar-refractivity contribution in [3.8, 4) is 5.75 Å². The predicted octanol–water partition coefficient (Wildman–Crippen LogP) is 1.33. The molecule has 0 aliphatic heterocycles. The van der Waals surface area contributed by atoms with Crippen LogP contribution in [-0.2, 0) is 6.42 Å². The van der Waals surface area contributed by atoms with Crippen LogP contribution in [0.15, 0.2) is 18.2 Å².